The van der Waals surface area contributed by atoms with Gasteiger partial charge in [-0.2, -0.15) is 0 Å². The highest BCUT2D eigenvalue weighted by Gasteiger charge is 2.13. The maximum Gasteiger partial charge on any atom is 0.327 e. The van der Waals surface area contributed by atoms with Crippen molar-refractivity contribution in [2.75, 3.05) is 18.5 Å². The summed E-state index contributed by atoms with van der Waals surface area (Å²) in [4.78, 5) is 34.5. The molecule has 0 radical (unpaired) electrons. The number of benzene rings is 1. The van der Waals surface area contributed by atoms with Gasteiger partial charge in [-0.05, 0) is 18.6 Å². The van der Waals surface area contributed by atoms with Crippen molar-refractivity contribution in [3.63, 3.8) is 0 Å². The van der Waals surface area contributed by atoms with Crippen molar-refractivity contribution < 1.29 is 19.5 Å². The highest BCUT2D eigenvalue weighted by molar-refractivity contribution is 6.34. The Bertz CT molecular complexity index is 601. The molecule has 5 N–H and O–H groups in total. The second-order valence-electron chi connectivity index (χ2n) is 4.70. The molecule has 0 bridgehead atoms. The second-order valence-corrected chi connectivity index (χ2v) is 4.70. The van der Waals surface area contributed by atoms with E-state index in [1.807, 2.05) is 19.1 Å². The Labute approximate surface area is 133 Å². The summed E-state index contributed by atoms with van der Waals surface area (Å²) in [6.07, 6.45) is -0.0765. The fourth-order valence-corrected chi connectivity index (χ4v) is 1.60. The molecule has 8 heteroatoms. The van der Waals surface area contributed by atoms with Gasteiger partial charge in [0.25, 0.3) is 0 Å². The fourth-order valence-electron chi connectivity index (χ4n) is 1.60. The highest BCUT2D eigenvalue weighted by Crippen LogP contribution is 2.13. The van der Waals surface area contributed by atoms with Crippen LogP contribution in [-0.4, -0.2) is 36.0 Å². The lowest BCUT2D eigenvalue weighted by Crippen LogP contribution is -2.46. The zero-order chi connectivity index (χ0) is 17.2. The summed E-state index contributed by atoms with van der Waals surface area (Å²) in [5.74, 6) is -2.15. The van der Waals surface area contributed by atoms with Crippen molar-refractivity contribution in [2.45, 2.75) is 13.3 Å². The summed E-state index contributed by atoms with van der Waals surface area (Å²) in [6, 6.07) is 7.31. The monoisotopic (exact) mass is 320 g/mol. The predicted octanol–water partition coefficient (Wildman–Crippen LogP) is -0.433. The van der Waals surface area contributed by atoms with Crippen LogP contribution in [0.15, 0.2) is 36.5 Å². The fraction of sp³-hybridized carbons (Fsp3) is 0.267. The van der Waals surface area contributed by atoms with Crippen molar-refractivity contribution in [3.05, 3.63) is 42.1 Å². The van der Waals surface area contributed by atoms with E-state index in [1.165, 1.54) is 0 Å². The minimum absolute atomic E-state index is 0.0218. The maximum atomic E-state index is 11.9. The standard InChI is InChI=1S/C15H20N4O4/c1-10-5-3-4-6-12(10)17-13(21)9-11(2)18-19-15(23)14(22)16-7-8-20/h3-6,18,20H,2,7-9H2,1H3,(H,16,22)(H,17,21)(H,19,23). The summed E-state index contributed by atoms with van der Waals surface area (Å²) in [5.41, 5.74) is 6.34. The number of aliphatic hydroxyl groups excluding tert-OH is 1. The van der Waals surface area contributed by atoms with Crippen molar-refractivity contribution in [1.29, 1.82) is 0 Å². The van der Waals surface area contributed by atoms with Gasteiger partial charge in [0, 0.05) is 17.9 Å². The topological polar surface area (TPSA) is 120 Å². The Hall–Kier alpha value is -2.87. The van der Waals surface area contributed by atoms with Crippen LogP contribution in [0.3, 0.4) is 0 Å². The number of carbonyl (C=O) groups excluding carboxylic acids is 3. The molecular weight excluding hydrogens is 300 g/mol. The van der Waals surface area contributed by atoms with Gasteiger partial charge in [-0.3, -0.25) is 19.8 Å². The number of para-hydroxylation sites is 1. The van der Waals surface area contributed by atoms with Gasteiger partial charge in [0.15, 0.2) is 0 Å². The lowest BCUT2D eigenvalue weighted by molar-refractivity contribution is -0.139. The van der Waals surface area contributed by atoms with Crippen LogP contribution in [0.25, 0.3) is 0 Å². The van der Waals surface area contributed by atoms with Crippen LogP contribution in [0.5, 0.6) is 0 Å². The van der Waals surface area contributed by atoms with E-state index in [2.05, 4.69) is 28.1 Å². The zero-order valence-corrected chi connectivity index (χ0v) is 12.8. The molecule has 0 saturated heterocycles. The molecule has 8 nitrogen and oxygen atoms in total. The van der Waals surface area contributed by atoms with Gasteiger partial charge in [0.05, 0.1) is 13.0 Å². The van der Waals surface area contributed by atoms with Gasteiger partial charge >= 0.3 is 11.8 Å². The first-order chi connectivity index (χ1) is 10.9. The van der Waals surface area contributed by atoms with Crippen LogP contribution in [0.1, 0.15) is 12.0 Å². The van der Waals surface area contributed by atoms with Crippen LogP contribution in [-0.2, 0) is 14.4 Å². The largest absolute Gasteiger partial charge is 0.395 e. The lowest BCUT2D eigenvalue weighted by atomic mass is 10.2. The third-order valence-electron chi connectivity index (χ3n) is 2.75. The third kappa shape index (κ3) is 6.62. The van der Waals surface area contributed by atoms with E-state index in [0.717, 1.165) is 5.56 Å². The minimum atomic E-state index is -0.945. The SMILES string of the molecule is C=C(CC(=O)Nc1ccccc1C)NNC(=O)C(=O)NCCO. The molecule has 3 amide bonds. The molecule has 124 valence electrons. The lowest BCUT2D eigenvalue weighted by Gasteiger charge is -2.12. The number of nitrogens with one attached hydrogen (secondary N) is 4. The van der Waals surface area contributed by atoms with Crippen LogP contribution < -0.4 is 21.5 Å². The van der Waals surface area contributed by atoms with Gasteiger partial charge in [-0.25, -0.2) is 0 Å². The molecule has 1 aromatic rings. The first kappa shape index (κ1) is 18.2. The Morgan fingerprint density at radius 2 is 1.83 bits per heavy atom. The Morgan fingerprint density at radius 3 is 2.48 bits per heavy atom. The molecule has 0 aromatic heterocycles. The number of hydrogen-bond donors (Lipinski definition) is 5. The van der Waals surface area contributed by atoms with Crippen LogP contribution in [0, 0.1) is 6.92 Å². The molecule has 23 heavy (non-hydrogen) atoms. The molecule has 0 heterocycles. The number of aliphatic hydroxyl groups is 1. The first-order valence-corrected chi connectivity index (χ1v) is 6.92. The van der Waals surface area contributed by atoms with Crippen LogP contribution in [0.4, 0.5) is 5.69 Å². The van der Waals surface area contributed by atoms with Gasteiger partial charge in [-0.1, -0.05) is 24.8 Å². The van der Waals surface area contributed by atoms with Crippen molar-refractivity contribution >= 4 is 23.4 Å². The number of amides is 3. The smallest absolute Gasteiger partial charge is 0.327 e. The summed E-state index contributed by atoms with van der Waals surface area (Å²) in [7, 11) is 0. The maximum absolute atomic E-state index is 11.9. The Kier molecular flexibility index (Phi) is 7.28. The van der Waals surface area contributed by atoms with E-state index in [4.69, 9.17) is 5.11 Å². The molecule has 1 aromatic carbocycles. The molecule has 0 spiro atoms. The van der Waals surface area contributed by atoms with E-state index >= 15 is 0 Å². The zero-order valence-electron chi connectivity index (χ0n) is 12.8. The van der Waals surface area contributed by atoms with Crippen LogP contribution in [0.2, 0.25) is 0 Å². The quantitative estimate of drug-likeness (QED) is 0.345. The van der Waals surface area contributed by atoms with Crippen molar-refractivity contribution in [2.24, 2.45) is 0 Å². The minimum Gasteiger partial charge on any atom is -0.395 e. The summed E-state index contributed by atoms with van der Waals surface area (Å²) in [6.45, 7) is 5.18. The number of anilines is 1. The number of aryl methyl sites for hydroxylation is 1. The molecule has 0 aliphatic carbocycles. The molecular formula is C15H20N4O4. The first-order valence-electron chi connectivity index (χ1n) is 6.92. The van der Waals surface area contributed by atoms with Crippen LogP contribution >= 0.6 is 0 Å². The Balaban J connectivity index is 2.36. The number of hydrazine groups is 1. The summed E-state index contributed by atoms with van der Waals surface area (Å²) in [5, 5.41) is 13.4. The van der Waals surface area contributed by atoms with E-state index in [1.54, 1.807) is 12.1 Å². The molecule has 0 aliphatic rings. The van der Waals surface area contributed by atoms with Crippen molar-refractivity contribution in [3.8, 4) is 0 Å². The predicted molar refractivity (Wildman–Crippen MR) is 84.9 cm³/mol. The van der Waals surface area contributed by atoms with Crippen molar-refractivity contribution in [1.82, 2.24) is 16.2 Å². The molecule has 0 fully saturated rings. The number of carbonyl (C=O) groups is 3. The molecule has 0 unspecified atom stereocenters. The molecule has 0 saturated carbocycles. The van der Waals surface area contributed by atoms with Gasteiger partial charge in [0.2, 0.25) is 5.91 Å². The number of rotatable bonds is 7. The number of hydrogen-bond acceptors (Lipinski definition) is 5. The Morgan fingerprint density at radius 1 is 1.13 bits per heavy atom. The molecule has 0 atom stereocenters. The average Bonchev–Trinajstić information content (AvgIpc) is 2.52. The van der Waals surface area contributed by atoms with E-state index in [-0.39, 0.29) is 31.2 Å². The molecule has 1 rings (SSSR count). The second kappa shape index (κ2) is 9.21. The van der Waals surface area contributed by atoms with E-state index in [9.17, 15) is 14.4 Å². The highest BCUT2D eigenvalue weighted by atomic mass is 16.3. The summed E-state index contributed by atoms with van der Waals surface area (Å²) >= 11 is 0. The van der Waals surface area contributed by atoms with Gasteiger partial charge < -0.3 is 21.2 Å². The molecule has 0 aliphatic heterocycles. The van der Waals surface area contributed by atoms with Gasteiger partial charge in [0.1, 0.15) is 0 Å². The average molecular weight is 320 g/mol. The van der Waals surface area contributed by atoms with E-state index < -0.39 is 11.8 Å². The van der Waals surface area contributed by atoms with E-state index in [0.29, 0.717) is 5.69 Å². The summed E-state index contributed by atoms with van der Waals surface area (Å²) < 4.78 is 0. The van der Waals surface area contributed by atoms with Gasteiger partial charge in [-0.15, -0.1) is 0 Å². The normalized spacial score (nSPS) is 9.65. The third-order valence-corrected chi connectivity index (χ3v) is 2.75.